The number of aromatic nitrogens is 2. The maximum absolute atomic E-state index is 13.4. The van der Waals surface area contributed by atoms with Crippen LogP contribution in [0.1, 0.15) is 40.6 Å². The van der Waals surface area contributed by atoms with E-state index >= 15 is 0 Å². The highest BCUT2D eigenvalue weighted by Gasteiger charge is 2.27. The maximum Gasteiger partial charge on any atom is 0.268 e. The van der Waals surface area contributed by atoms with Gasteiger partial charge in [0.25, 0.3) is 5.91 Å². The number of fused-ring (bicyclic) bond motifs is 4. The Morgan fingerprint density at radius 1 is 1.19 bits per heavy atom. The van der Waals surface area contributed by atoms with Gasteiger partial charge in [-0.3, -0.25) is 4.79 Å². The van der Waals surface area contributed by atoms with E-state index in [0.717, 1.165) is 47.1 Å². The molecule has 1 aliphatic carbocycles. The van der Waals surface area contributed by atoms with Gasteiger partial charge in [0.2, 0.25) is 0 Å². The van der Waals surface area contributed by atoms with Crippen LogP contribution in [0.15, 0.2) is 48.5 Å². The van der Waals surface area contributed by atoms with E-state index in [2.05, 4.69) is 16.4 Å². The summed E-state index contributed by atoms with van der Waals surface area (Å²) in [4.78, 5) is 16.9. The Labute approximate surface area is 181 Å². The van der Waals surface area contributed by atoms with E-state index in [4.69, 9.17) is 9.47 Å². The molecule has 5 rings (SSSR count). The van der Waals surface area contributed by atoms with Gasteiger partial charge in [-0.2, -0.15) is 0 Å². The normalized spacial score (nSPS) is 15.9. The number of para-hydroxylation sites is 1. The van der Waals surface area contributed by atoms with E-state index in [1.54, 1.807) is 14.2 Å². The fourth-order valence-electron chi connectivity index (χ4n) is 4.77. The second-order valence-electron chi connectivity index (χ2n) is 8.08. The van der Waals surface area contributed by atoms with Gasteiger partial charge >= 0.3 is 0 Å². The highest BCUT2D eigenvalue weighted by molar-refractivity contribution is 5.99. The first-order valence-electron chi connectivity index (χ1n) is 10.8. The van der Waals surface area contributed by atoms with Crippen molar-refractivity contribution in [3.8, 4) is 5.75 Å². The van der Waals surface area contributed by atoms with Gasteiger partial charge in [-0.1, -0.05) is 18.2 Å². The molecule has 1 unspecified atom stereocenters. The molecular formula is C25H27N3O3. The number of methoxy groups -OCH3 is 2. The third-order valence-electron chi connectivity index (χ3n) is 6.28. The number of ether oxygens (including phenoxy) is 2. The Hall–Kier alpha value is -3.25. The largest absolute Gasteiger partial charge is 0.497 e. The number of amides is 1. The maximum atomic E-state index is 13.4. The van der Waals surface area contributed by atoms with Crippen LogP contribution in [0.25, 0.3) is 21.8 Å². The molecule has 2 N–H and O–H groups in total. The summed E-state index contributed by atoms with van der Waals surface area (Å²) in [6.07, 6.45) is 2.96. The zero-order chi connectivity index (χ0) is 21.4. The van der Waals surface area contributed by atoms with Crippen LogP contribution in [0, 0.1) is 0 Å². The molecule has 0 aliphatic heterocycles. The number of rotatable bonds is 6. The van der Waals surface area contributed by atoms with Crippen molar-refractivity contribution in [3.05, 3.63) is 65.5 Å². The molecule has 2 aromatic heterocycles. The second kappa shape index (κ2) is 8.12. The number of hydrogen-bond acceptors (Lipinski definition) is 3. The molecule has 4 aromatic rings. The number of nitrogens with one attached hydrogen (secondary N) is 2. The Kier molecular flexibility index (Phi) is 5.16. The Morgan fingerprint density at radius 2 is 2.06 bits per heavy atom. The molecule has 0 bridgehead atoms. The SMILES string of the molecule is COCCn1c(C(=O)NC2CCCc3c2[nH]c2ccc(OC)cc32)cc2ccccc21. The number of benzene rings is 2. The fourth-order valence-corrected chi connectivity index (χ4v) is 4.77. The van der Waals surface area contributed by atoms with Crippen molar-refractivity contribution in [1.29, 1.82) is 0 Å². The number of nitrogens with zero attached hydrogens (tertiary/aromatic N) is 1. The summed E-state index contributed by atoms with van der Waals surface area (Å²) in [6, 6.07) is 16.1. The summed E-state index contributed by atoms with van der Waals surface area (Å²) in [5, 5.41) is 5.54. The van der Waals surface area contributed by atoms with Crippen LogP contribution >= 0.6 is 0 Å². The molecule has 2 aromatic carbocycles. The van der Waals surface area contributed by atoms with E-state index < -0.39 is 0 Å². The predicted molar refractivity (Wildman–Crippen MR) is 122 cm³/mol. The zero-order valence-electron chi connectivity index (χ0n) is 17.9. The Morgan fingerprint density at radius 3 is 2.90 bits per heavy atom. The van der Waals surface area contributed by atoms with E-state index in [1.165, 1.54) is 10.9 Å². The number of hydrogen-bond donors (Lipinski definition) is 2. The summed E-state index contributed by atoms with van der Waals surface area (Å²) in [5.74, 6) is 0.796. The van der Waals surface area contributed by atoms with Gasteiger partial charge in [0.05, 0.1) is 19.8 Å². The molecule has 2 heterocycles. The van der Waals surface area contributed by atoms with Crippen molar-refractivity contribution in [2.75, 3.05) is 20.8 Å². The molecule has 1 amide bonds. The summed E-state index contributed by atoms with van der Waals surface area (Å²) in [7, 11) is 3.37. The predicted octanol–water partition coefficient (Wildman–Crippen LogP) is 4.59. The lowest BCUT2D eigenvalue weighted by Gasteiger charge is -2.24. The molecular weight excluding hydrogens is 390 g/mol. The molecule has 0 spiro atoms. The summed E-state index contributed by atoms with van der Waals surface area (Å²) < 4.78 is 12.7. The standard InChI is InChI=1S/C25H27N3O3/c1-30-13-12-28-22-9-4-3-6-16(22)14-23(28)25(29)27-21-8-5-7-18-19-15-17(31-2)10-11-20(19)26-24(18)21/h3-4,6,9-11,14-15,21,26H,5,7-8,12-13H2,1-2H3,(H,27,29). The minimum atomic E-state index is -0.0543. The van der Waals surface area contributed by atoms with Crippen LogP contribution in [0.2, 0.25) is 0 Å². The molecule has 31 heavy (non-hydrogen) atoms. The van der Waals surface area contributed by atoms with Crippen LogP contribution in [0.5, 0.6) is 5.75 Å². The monoisotopic (exact) mass is 417 g/mol. The molecule has 0 saturated carbocycles. The molecule has 160 valence electrons. The first kappa shape index (κ1) is 19.7. The van der Waals surface area contributed by atoms with Gasteiger partial charge in [-0.05, 0) is 55.2 Å². The van der Waals surface area contributed by atoms with E-state index in [0.29, 0.717) is 18.8 Å². The van der Waals surface area contributed by atoms with Crippen molar-refractivity contribution in [2.24, 2.45) is 0 Å². The third-order valence-corrected chi connectivity index (χ3v) is 6.28. The number of H-pyrrole nitrogens is 1. The number of carbonyl (C=O) groups is 1. The average molecular weight is 418 g/mol. The van der Waals surface area contributed by atoms with Crippen LogP contribution in [-0.2, 0) is 17.7 Å². The molecule has 0 fully saturated rings. The van der Waals surface area contributed by atoms with Crippen molar-refractivity contribution >= 4 is 27.7 Å². The number of aryl methyl sites for hydroxylation is 1. The van der Waals surface area contributed by atoms with Crippen LogP contribution in [0.4, 0.5) is 0 Å². The number of aromatic amines is 1. The quantitative estimate of drug-likeness (QED) is 0.482. The van der Waals surface area contributed by atoms with Crippen molar-refractivity contribution < 1.29 is 14.3 Å². The minimum Gasteiger partial charge on any atom is -0.497 e. The highest BCUT2D eigenvalue weighted by atomic mass is 16.5. The molecule has 0 saturated heterocycles. The Balaban J connectivity index is 1.48. The number of carbonyl (C=O) groups excluding carboxylic acids is 1. The van der Waals surface area contributed by atoms with Gasteiger partial charge in [0, 0.05) is 41.2 Å². The van der Waals surface area contributed by atoms with E-state index in [-0.39, 0.29) is 11.9 Å². The van der Waals surface area contributed by atoms with Gasteiger partial charge < -0.3 is 24.3 Å². The molecule has 0 radical (unpaired) electrons. The summed E-state index contributed by atoms with van der Waals surface area (Å²) >= 11 is 0. The third kappa shape index (κ3) is 3.47. The first-order valence-corrected chi connectivity index (χ1v) is 10.8. The smallest absolute Gasteiger partial charge is 0.268 e. The molecule has 1 atom stereocenters. The van der Waals surface area contributed by atoms with E-state index in [1.807, 2.05) is 47.0 Å². The Bertz CT molecular complexity index is 1250. The van der Waals surface area contributed by atoms with Crippen LogP contribution in [-0.4, -0.2) is 36.3 Å². The van der Waals surface area contributed by atoms with Crippen molar-refractivity contribution in [1.82, 2.24) is 14.9 Å². The second-order valence-corrected chi connectivity index (χ2v) is 8.08. The molecule has 6 nitrogen and oxygen atoms in total. The van der Waals surface area contributed by atoms with Gasteiger partial charge in [0.1, 0.15) is 11.4 Å². The molecule has 1 aliphatic rings. The van der Waals surface area contributed by atoms with Crippen molar-refractivity contribution in [2.45, 2.75) is 31.8 Å². The fraction of sp³-hybridized carbons (Fsp3) is 0.320. The summed E-state index contributed by atoms with van der Waals surface area (Å²) in [6.45, 7) is 1.19. The van der Waals surface area contributed by atoms with Gasteiger partial charge in [0.15, 0.2) is 0 Å². The minimum absolute atomic E-state index is 0.0384. The van der Waals surface area contributed by atoms with Gasteiger partial charge in [-0.25, -0.2) is 0 Å². The first-order chi connectivity index (χ1) is 15.2. The topological polar surface area (TPSA) is 68.3 Å². The zero-order valence-corrected chi connectivity index (χ0v) is 17.9. The lowest BCUT2D eigenvalue weighted by molar-refractivity contribution is 0.0920. The van der Waals surface area contributed by atoms with Crippen LogP contribution < -0.4 is 10.1 Å². The van der Waals surface area contributed by atoms with E-state index in [9.17, 15) is 4.79 Å². The summed E-state index contributed by atoms with van der Waals surface area (Å²) in [5.41, 5.74) is 5.20. The average Bonchev–Trinajstić information content (AvgIpc) is 3.36. The highest BCUT2D eigenvalue weighted by Crippen LogP contribution is 2.36. The van der Waals surface area contributed by atoms with Crippen LogP contribution in [0.3, 0.4) is 0 Å². The molecule has 6 heteroatoms. The van der Waals surface area contributed by atoms with Crippen molar-refractivity contribution in [3.63, 3.8) is 0 Å². The van der Waals surface area contributed by atoms with Gasteiger partial charge in [-0.15, -0.1) is 0 Å². The lowest BCUT2D eigenvalue weighted by Crippen LogP contribution is -2.32. The lowest BCUT2D eigenvalue weighted by atomic mass is 9.91.